The van der Waals surface area contributed by atoms with Crippen molar-refractivity contribution in [1.29, 1.82) is 0 Å². The molecule has 1 aromatic rings. The minimum atomic E-state index is -0.00678. The molecule has 0 saturated carbocycles. The summed E-state index contributed by atoms with van der Waals surface area (Å²) < 4.78 is 6.57. The Kier molecular flexibility index (Phi) is 3.13. The van der Waals surface area contributed by atoms with Gasteiger partial charge in [-0.25, -0.2) is 0 Å². The fourth-order valence-corrected chi connectivity index (χ4v) is 2.40. The zero-order valence-corrected chi connectivity index (χ0v) is 11.3. The summed E-state index contributed by atoms with van der Waals surface area (Å²) in [5, 5.41) is 0. The van der Waals surface area contributed by atoms with Crippen LogP contribution in [0.25, 0.3) is 0 Å². The number of hydrogen-bond acceptors (Lipinski definition) is 3. The minimum absolute atomic E-state index is 0.00678. The van der Waals surface area contributed by atoms with Crippen molar-refractivity contribution < 1.29 is 4.74 Å². The van der Waals surface area contributed by atoms with Gasteiger partial charge in [-0.3, -0.25) is 0 Å². The van der Waals surface area contributed by atoms with E-state index in [1.807, 2.05) is 12.1 Å². The average Bonchev–Trinajstić information content (AvgIpc) is 2.22. The molecule has 88 valence electrons. The van der Waals surface area contributed by atoms with Crippen LogP contribution in [0, 0.1) is 0 Å². The van der Waals surface area contributed by atoms with Gasteiger partial charge in [-0.1, -0.05) is 15.9 Å². The number of rotatable bonds is 1. The highest BCUT2D eigenvalue weighted by Gasteiger charge is 2.31. The van der Waals surface area contributed by atoms with Gasteiger partial charge in [0.05, 0.1) is 30.1 Å². The highest BCUT2D eigenvalue weighted by molar-refractivity contribution is 9.10. The third-order valence-electron chi connectivity index (χ3n) is 2.93. The molecule has 0 aliphatic carbocycles. The molecule has 4 heteroatoms. The van der Waals surface area contributed by atoms with Crippen molar-refractivity contribution in [3.63, 3.8) is 0 Å². The van der Waals surface area contributed by atoms with Gasteiger partial charge in [0.1, 0.15) is 0 Å². The number of halogens is 1. The van der Waals surface area contributed by atoms with Crippen molar-refractivity contribution >= 4 is 27.3 Å². The molecule has 0 radical (unpaired) electrons. The number of morpholine rings is 1. The Morgan fingerprint density at radius 2 is 2.19 bits per heavy atom. The van der Waals surface area contributed by atoms with Crippen LogP contribution >= 0.6 is 15.9 Å². The van der Waals surface area contributed by atoms with Crippen LogP contribution in [0.4, 0.5) is 11.4 Å². The first-order valence-corrected chi connectivity index (χ1v) is 6.20. The molecular weight excluding hydrogens is 268 g/mol. The predicted molar refractivity (Wildman–Crippen MR) is 70.8 cm³/mol. The topological polar surface area (TPSA) is 38.5 Å². The molecule has 0 spiro atoms. The van der Waals surface area contributed by atoms with Crippen molar-refractivity contribution in [3.8, 4) is 0 Å². The Balaban J connectivity index is 2.38. The minimum Gasteiger partial charge on any atom is -0.397 e. The first-order chi connectivity index (χ1) is 7.50. The van der Waals surface area contributed by atoms with E-state index in [0.717, 1.165) is 35.6 Å². The Bertz CT molecular complexity index is 393. The summed E-state index contributed by atoms with van der Waals surface area (Å²) in [7, 11) is 0. The highest BCUT2D eigenvalue weighted by Crippen LogP contribution is 2.33. The Hall–Kier alpha value is -0.740. The molecule has 0 amide bonds. The van der Waals surface area contributed by atoms with E-state index in [-0.39, 0.29) is 5.54 Å². The van der Waals surface area contributed by atoms with Gasteiger partial charge in [-0.15, -0.1) is 0 Å². The molecule has 2 rings (SSSR count). The zero-order chi connectivity index (χ0) is 11.8. The SMILES string of the molecule is CC1(C)COCCN1c1cc(Br)ccc1N. The molecule has 1 saturated heterocycles. The van der Waals surface area contributed by atoms with E-state index in [1.54, 1.807) is 0 Å². The van der Waals surface area contributed by atoms with Crippen molar-refractivity contribution in [2.45, 2.75) is 19.4 Å². The Morgan fingerprint density at radius 3 is 2.88 bits per heavy atom. The lowest BCUT2D eigenvalue weighted by Gasteiger charge is -2.44. The number of benzene rings is 1. The number of ether oxygens (including phenoxy) is 1. The van der Waals surface area contributed by atoms with E-state index in [1.165, 1.54) is 0 Å². The maximum absolute atomic E-state index is 6.04. The molecule has 0 unspecified atom stereocenters. The van der Waals surface area contributed by atoms with Crippen LogP contribution in [-0.4, -0.2) is 25.3 Å². The maximum atomic E-state index is 6.04. The second kappa shape index (κ2) is 4.26. The number of nitrogens with zero attached hydrogens (tertiary/aromatic N) is 1. The number of nitrogen functional groups attached to an aromatic ring is 1. The molecule has 1 fully saturated rings. The fraction of sp³-hybridized carbons (Fsp3) is 0.500. The summed E-state index contributed by atoms with van der Waals surface area (Å²) in [6, 6.07) is 5.97. The normalized spacial score (nSPS) is 19.8. The molecule has 0 atom stereocenters. The van der Waals surface area contributed by atoms with Crippen molar-refractivity contribution in [1.82, 2.24) is 0 Å². The fourth-order valence-electron chi connectivity index (χ4n) is 2.06. The molecule has 1 aliphatic rings. The van der Waals surface area contributed by atoms with E-state index in [2.05, 4.69) is 40.7 Å². The third kappa shape index (κ3) is 2.18. The van der Waals surface area contributed by atoms with Gasteiger partial charge in [0.15, 0.2) is 0 Å². The average molecular weight is 285 g/mol. The summed E-state index contributed by atoms with van der Waals surface area (Å²) in [6.07, 6.45) is 0. The lowest BCUT2D eigenvalue weighted by Crippen LogP contribution is -2.53. The monoisotopic (exact) mass is 284 g/mol. The van der Waals surface area contributed by atoms with Crippen molar-refractivity contribution in [3.05, 3.63) is 22.7 Å². The van der Waals surface area contributed by atoms with Crippen molar-refractivity contribution in [2.24, 2.45) is 0 Å². The van der Waals surface area contributed by atoms with Crippen LogP contribution < -0.4 is 10.6 Å². The second-order valence-electron chi connectivity index (χ2n) is 4.72. The van der Waals surface area contributed by atoms with Crippen LogP contribution in [0.5, 0.6) is 0 Å². The van der Waals surface area contributed by atoms with Crippen LogP contribution in [0.2, 0.25) is 0 Å². The quantitative estimate of drug-likeness (QED) is 0.806. The number of nitrogens with two attached hydrogens (primary N) is 1. The summed E-state index contributed by atoms with van der Waals surface area (Å²) in [4.78, 5) is 2.32. The van der Waals surface area contributed by atoms with Gasteiger partial charge in [0.2, 0.25) is 0 Å². The Labute approximate surface area is 105 Å². The van der Waals surface area contributed by atoms with Crippen LogP contribution in [0.1, 0.15) is 13.8 Å². The first-order valence-electron chi connectivity index (χ1n) is 5.41. The van der Waals surface area contributed by atoms with Crippen LogP contribution in [0.3, 0.4) is 0 Å². The number of hydrogen-bond donors (Lipinski definition) is 1. The molecule has 0 bridgehead atoms. The van der Waals surface area contributed by atoms with Crippen molar-refractivity contribution in [2.75, 3.05) is 30.4 Å². The van der Waals surface area contributed by atoms with E-state index in [4.69, 9.17) is 10.5 Å². The van der Waals surface area contributed by atoms with Crippen LogP contribution in [0.15, 0.2) is 22.7 Å². The summed E-state index contributed by atoms with van der Waals surface area (Å²) in [5.41, 5.74) is 7.93. The molecule has 1 aliphatic heterocycles. The predicted octanol–water partition coefficient (Wildman–Crippen LogP) is 2.65. The van der Waals surface area contributed by atoms with Gasteiger partial charge < -0.3 is 15.4 Å². The zero-order valence-electron chi connectivity index (χ0n) is 9.66. The second-order valence-corrected chi connectivity index (χ2v) is 5.64. The summed E-state index contributed by atoms with van der Waals surface area (Å²) in [5.74, 6) is 0. The summed E-state index contributed by atoms with van der Waals surface area (Å²) >= 11 is 3.49. The largest absolute Gasteiger partial charge is 0.397 e. The highest BCUT2D eigenvalue weighted by atomic mass is 79.9. The van der Waals surface area contributed by atoms with E-state index in [9.17, 15) is 0 Å². The number of anilines is 2. The molecule has 3 nitrogen and oxygen atoms in total. The van der Waals surface area contributed by atoms with Gasteiger partial charge in [0.25, 0.3) is 0 Å². The smallest absolute Gasteiger partial charge is 0.0694 e. The summed E-state index contributed by atoms with van der Waals surface area (Å²) in [6.45, 7) is 6.72. The van der Waals surface area contributed by atoms with Gasteiger partial charge in [-0.05, 0) is 32.0 Å². The van der Waals surface area contributed by atoms with Crippen LogP contribution in [-0.2, 0) is 4.74 Å². The van der Waals surface area contributed by atoms with E-state index < -0.39 is 0 Å². The molecule has 2 N–H and O–H groups in total. The molecule has 1 aromatic carbocycles. The molecule has 1 heterocycles. The van der Waals surface area contributed by atoms with Gasteiger partial charge >= 0.3 is 0 Å². The van der Waals surface area contributed by atoms with Gasteiger partial charge in [-0.2, -0.15) is 0 Å². The molecular formula is C12H17BrN2O. The third-order valence-corrected chi connectivity index (χ3v) is 3.42. The lowest BCUT2D eigenvalue weighted by atomic mass is 10.0. The molecule has 16 heavy (non-hydrogen) atoms. The first kappa shape index (κ1) is 11.7. The lowest BCUT2D eigenvalue weighted by molar-refractivity contribution is 0.0645. The van der Waals surface area contributed by atoms with Gasteiger partial charge in [0, 0.05) is 11.0 Å². The Morgan fingerprint density at radius 1 is 1.44 bits per heavy atom. The maximum Gasteiger partial charge on any atom is 0.0694 e. The molecule has 0 aromatic heterocycles. The van der Waals surface area contributed by atoms with E-state index in [0.29, 0.717) is 0 Å². The van der Waals surface area contributed by atoms with E-state index >= 15 is 0 Å². The standard InChI is InChI=1S/C12H17BrN2O/c1-12(2)8-16-6-5-15(12)11-7-9(13)3-4-10(11)14/h3-4,7H,5-6,8,14H2,1-2H3.